The molecule has 0 unspecified atom stereocenters. The molecule has 11 nitrogen and oxygen atoms in total. The Kier molecular flexibility index (Phi) is 13.8. The number of para-hydroxylation sites is 2. The van der Waals surface area contributed by atoms with Gasteiger partial charge in [-0.25, -0.2) is 34.7 Å². The largest absolute Gasteiger partial charge is 0.490 e. The number of aromatic nitrogens is 6. The van der Waals surface area contributed by atoms with Crippen molar-refractivity contribution >= 4 is 70.1 Å². The van der Waals surface area contributed by atoms with Gasteiger partial charge < -0.3 is 19.5 Å². The highest BCUT2D eigenvalue weighted by Crippen LogP contribution is 2.38. The predicted molar refractivity (Wildman–Crippen MR) is 220 cm³/mol. The molecular weight excluding hydrogens is 958 g/mol. The van der Waals surface area contributed by atoms with Crippen molar-refractivity contribution in [1.29, 1.82) is 0 Å². The van der Waals surface area contributed by atoms with Crippen molar-refractivity contribution in [2.24, 2.45) is 0 Å². The number of nitrogens with zero attached hydrogens (tertiary/aromatic N) is 7. The molecule has 0 saturated heterocycles. The number of halogens is 10. The number of carboxylic acid groups (broad SMARTS) is 1. The van der Waals surface area contributed by atoms with Gasteiger partial charge in [-0.05, 0) is 64.5 Å². The molecule has 8 rings (SSSR count). The maximum Gasteiger partial charge on any atom is 0.490 e. The quantitative estimate of drug-likeness (QED) is 0.153. The van der Waals surface area contributed by atoms with Crippen LogP contribution in [0.4, 0.5) is 44.6 Å². The average molecular weight is 983 g/mol. The average Bonchev–Trinajstić information content (AvgIpc) is 3.86. The zero-order chi connectivity index (χ0) is 45.7. The second kappa shape index (κ2) is 18.9. The van der Waals surface area contributed by atoms with E-state index in [4.69, 9.17) is 19.4 Å². The topological polar surface area (TPSA) is 136 Å². The van der Waals surface area contributed by atoms with Gasteiger partial charge in [-0.3, -0.25) is 0 Å². The van der Waals surface area contributed by atoms with E-state index in [1.807, 2.05) is 43.3 Å². The van der Waals surface area contributed by atoms with Crippen LogP contribution in [0.5, 0.6) is 23.3 Å². The lowest BCUT2D eigenvalue weighted by Crippen LogP contribution is -2.21. The van der Waals surface area contributed by atoms with Gasteiger partial charge in [-0.2, -0.15) is 39.5 Å². The summed E-state index contributed by atoms with van der Waals surface area (Å²) in [7, 11) is 3.83. The van der Waals surface area contributed by atoms with Gasteiger partial charge in [-0.15, -0.1) is 11.3 Å². The van der Waals surface area contributed by atoms with Crippen molar-refractivity contribution in [2.75, 3.05) is 19.0 Å². The monoisotopic (exact) mass is 981 g/mol. The predicted octanol–water partition coefficient (Wildman–Crippen LogP) is 12.6. The zero-order valence-corrected chi connectivity index (χ0v) is 35.0. The molecule has 0 aliphatic rings. The van der Waals surface area contributed by atoms with E-state index in [9.17, 15) is 39.5 Å². The van der Waals surface area contributed by atoms with Crippen LogP contribution < -0.4 is 14.4 Å². The molecule has 1 N–H and O–H groups in total. The van der Waals surface area contributed by atoms with Gasteiger partial charge in [0.15, 0.2) is 20.5 Å². The van der Waals surface area contributed by atoms with Crippen molar-refractivity contribution in [1.82, 2.24) is 29.9 Å². The van der Waals surface area contributed by atoms with Crippen molar-refractivity contribution in [3.63, 3.8) is 0 Å². The Bertz CT molecular complexity index is 2860. The molecule has 0 fully saturated rings. The number of anilines is 1. The van der Waals surface area contributed by atoms with E-state index in [0.29, 0.717) is 39.5 Å². The number of carboxylic acids is 1. The third-order valence-corrected chi connectivity index (χ3v) is 10.7. The summed E-state index contributed by atoms with van der Waals surface area (Å²) in [5.74, 6) is -1.12. The van der Waals surface area contributed by atoms with E-state index >= 15 is 0 Å². The first-order valence-corrected chi connectivity index (χ1v) is 19.9. The fourth-order valence-corrected chi connectivity index (χ4v) is 7.47. The summed E-state index contributed by atoms with van der Waals surface area (Å²) < 4.78 is 123. The van der Waals surface area contributed by atoms with Crippen LogP contribution in [0, 0.1) is 0 Å². The highest BCUT2D eigenvalue weighted by molar-refractivity contribution is 9.11. The van der Waals surface area contributed by atoms with Crippen LogP contribution >= 0.6 is 38.6 Å². The lowest BCUT2D eigenvalue weighted by molar-refractivity contribution is -0.192. The SMILES string of the molecule is CN(C)c1nc2c(Oc3cc(-c4ccc(C(F)(F)F)cc4)ncn3)cccc2s1.FC(F)(F)c1ccc(-c2cc(Oc3cccc4sc(Br)nc34)ncn2)cc1.O=C(O)C(F)(F)F. The minimum Gasteiger partial charge on any atom is -0.475 e. The number of fused-ring (bicyclic) bond motifs is 2. The number of hydrogen-bond donors (Lipinski definition) is 1. The molecule has 23 heteroatoms. The van der Waals surface area contributed by atoms with Crippen LogP contribution in [0.25, 0.3) is 42.9 Å². The molecule has 4 aromatic carbocycles. The van der Waals surface area contributed by atoms with Gasteiger partial charge >= 0.3 is 24.5 Å². The number of thiazole rings is 2. The van der Waals surface area contributed by atoms with Gasteiger partial charge in [0.2, 0.25) is 11.8 Å². The van der Waals surface area contributed by atoms with Gasteiger partial charge in [0, 0.05) is 37.4 Å². The van der Waals surface area contributed by atoms with E-state index in [2.05, 4.69) is 45.8 Å². The molecule has 0 radical (unpaired) electrons. The number of carbonyl (C=O) groups is 1. The van der Waals surface area contributed by atoms with Gasteiger partial charge in [-0.1, -0.05) is 47.7 Å². The van der Waals surface area contributed by atoms with E-state index in [-0.39, 0.29) is 11.8 Å². The van der Waals surface area contributed by atoms with E-state index < -0.39 is 35.6 Å². The molecule has 4 heterocycles. The zero-order valence-electron chi connectivity index (χ0n) is 31.8. The summed E-state index contributed by atoms with van der Waals surface area (Å²) in [4.78, 5) is 36.2. The van der Waals surface area contributed by atoms with Crippen LogP contribution in [-0.4, -0.2) is 61.3 Å². The molecule has 0 aliphatic heterocycles. The second-order valence-corrected chi connectivity index (χ2v) is 16.0. The molecule has 0 saturated carbocycles. The standard InChI is InChI=1S/C20H15F3N4OS.C18H9BrF3N3OS.C2HF3O2/c1-27(2)19-26-18-15(4-3-5-16(18)29-19)28-17-10-14(24-11-25-17)12-6-8-13(9-7-12)20(21,22)23;19-17-25-16-13(2-1-3-14(16)27-17)26-15-8-12(23-9-24-15)10-4-6-11(7-5-10)18(20,21)22;3-2(4,5)1(6)7/h3-11H,1-2H3;1-9H;(H,6,7). The van der Waals surface area contributed by atoms with Crippen molar-refractivity contribution in [3.8, 4) is 45.8 Å². The molecular formula is C40H25BrF9N7O4S2. The maximum absolute atomic E-state index is 12.8. The summed E-state index contributed by atoms with van der Waals surface area (Å²) in [6.45, 7) is 0. The Morgan fingerprint density at radius 2 is 1.03 bits per heavy atom. The number of aliphatic carboxylic acids is 1. The van der Waals surface area contributed by atoms with E-state index in [1.165, 1.54) is 48.3 Å². The third-order valence-electron chi connectivity index (χ3n) is 8.08. The normalized spacial score (nSPS) is 11.6. The van der Waals surface area contributed by atoms with Crippen LogP contribution in [0.2, 0.25) is 0 Å². The Labute approximate surface area is 365 Å². The molecule has 0 amide bonds. The molecule has 326 valence electrons. The maximum atomic E-state index is 12.8. The fourth-order valence-electron chi connectivity index (χ4n) is 5.16. The van der Waals surface area contributed by atoms with Gasteiger partial charge in [0.05, 0.1) is 31.9 Å². The molecule has 0 atom stereocenters. The minimum atomic E-state index is -5.08. The minimum absolute atomic E-state index is 0.275. The summed E-state index contributed by atoms with van der Waals surface area (Å²) in [6, 6.07) is 23.9. The summed E-state index contributed by atoms with van der Waals surface area (Å²) in [6.07, 6.45) is -11.2. The molecule has 4 aromatic heterocycles. The summed E-state index contributed by atoms with van der Waals surface area (Å²) in [5.41, 5.74) is 1.98. The Hall–Kier alpha value is -6.46. The molecule has 8 aromatic rings. The van der Waals surface area contributed by atoms with Gasteiger partial charge in [0.1, 0.15) is 23.7 Å². The third kappa shape index (κ3) is 11.9. The smallest absolute Gasteiger partial charge is 0.475 e. The first-order chi connectivity index (χ1) is 29.7. The number of hydrogen-bond acceptors (Lipinski definition) is 12. The Balaban J connectivity index is 0.000000183. The van der Waals surface area contributed by atoms with Crippen LogP contribution in [0.15, 0.2) is 114 Å². The second-order valence-electron chi connectivity index (χ2n) is 12.7. The van der Waals surface area contributed by atoms with Crippen LogP contribution in [0.1, 0.15) is 11.1 Å². The highest BCUT2D eigenvalue weighted by atomic mass is 79.9. The van der Waals surface area contributed by atoms with Crippen molar-refractivity contribution < 1.29 is 58.9 Å². The van der Waals surface area contributed by atoms with Gasteiger partial charge in [0.25, 0.3) is 0 Å². The highest BCUT2D eigenvalue weighted by Gasteiger charge is 2.38. The summed E-state index contributed by atoms with van der Waals surface area (Å²) in [5, 5.41) is 7.98. The lowest BCUT2D eigenvalue weighted by atomic mass is 10.1. The van der Waals surface area contributed by atoms with Crippen molar-refractivity contribution in [3.05, 3.63) is 125 Å². The van der Waals surface area contributed by atoms with E-state index in [0.717, 1.165) is 48.2 Å². The fraction of sp³-hybridized carbons (Fsp3) is 0.125. The Morgan fingerprint density at radius 3 is 1.43 bits per heavy atom. The number of ether oxygens (including phenoxy) is 2. The number of alkyl halides is 9. The molecule has 0 spiro atoms. The number of rotatable bonds is 7. The molecule has 63 heavy (non-hydrogen) atoms. The Morgan fingerprint density at radius 1 is 0.619 bits per heavy atom. The first kappa shape index (κ1) is 46.1. The van der Waals surface area contributed by atoms with Crippen LogP contribution in [-0.2, 0) is 17.1 Å². The van der Waals surface area contributed by atoms with Crippen molar-refractivity contribution in [2.45, 2.75) is 18.5 Å². The lowest BCUT2D eigenvalue weighted by Gasteiger charge is -2.09. The first-order valence-electron chi connectivity index (χ1n) is 17.4. The van der Waals surface area contributed by atoms with E-state index in [1.54, 1.807) is 35.6 Å². The molecule has 0 aliphatic carbocycles. The number of benzene rings is 4. The van der Waals surface area contributed by atoms with Crippen LogP contribution in [0.3, 0.4) is 0 Å². The molecule has 0 bridgehead atoms. The summed E-state index contributed by atoms with van der Waals surface area (Å²) >= 11 is 6.38.